The number of ether oxygens (including phenoxy) is 3. The van der Waals surface area contributed by atoms with Gasteiger partial charge in [-0.05, 0) is 76.3 Å². The van der Waals surface area contributed by atoms with Gasteiger partial charge in [0.25, 0.3) is 0 Å². The first kappa shape index (κ1) is 56.1. The summed E-state index contributed by atoms with van der Waals surface area (Å²) in [4.78, 5) is 35.6. The highest BCUT2D eigenvalue weighted by Crippen LogP contribution is 2.43. The Morgan fingerprint density at radius 3 is 1.81 bits per heavy atom. The number of likely N-dealkylation sites (N-methyl/N-ethyl adjacent to an activating group) is 1. The van der Waals surface area contributed by atoms with Gasteiger partial charge in [0.15, 0.2) is 6.10 Å². The number of carbonyl (C=O) groups excluding carboxylic acids is 2. The van der Waals surface area contributed by atoms with E-state index in [0.717, 1.165) is 77.0 Å². The molecule has 0 aliphatic carbocycles. The van der Waals surface area contributed by atoms with E-state index in [2.05, 4.69) is 39.8 Å². The van der Waals surface area contributed by atoms with Crippen molar-refractivity contribution in [3.05, 3.63) is 34.8 Å². The Hall–Kier alpha value is -2.01. The molecule has 0 spiro atoms. The van der Waals surface area contributed by atoms with Gasteiger partial charge in [0.1, 0.15) is 31.3 Å². The zero-order valence-electron chi connectivity index (χ0n) is 40.5. The molecule has 1 saturated heterocycles. The number of esters is 2. The Morgan fingerprint density at radius 1 is 0.677 bits per heavy atom. The van der Waals surface area contributed by atoms with Crippen molar-refractivity contribution in [2.24, 2.45) is 0 Å². The zero-order chi connectivity index (χ0) is 45.5. The van der Waals surface area contributed by atoms with Gasteiger partial charge in [-0.1, -0.05) is 129 Å². The third-order valence-corrected chi connectivity index (χ3v) is 12.9. The summed E-state index contributed by atoms with van der Waals surface area (Å²) in [5.74, 6) is 1.54. The average Bonchev–Trinajstić information content (AvgIpc) is 3.92. The quantitative estimate of drug-likeness (QED) is 0.0169. The van der Waals surface area contributed by atoms with Gasteiger partial charge in [0, 0.05) is 25.7 Å². The highest BCUT2D eigenvalue weighted by molar-refractivity contribution is 7.47. The average molecular weight is 897 g/mol. The van der Waals surface area contributed by atoms with Crippen molar-refractivity contribution in [1.82, 2.24) is 0 Å². The third kappa shape index (κ3) is 28.7. The van der Waals surface area contributed by atoms with Crippen LogP contribution in [0.3, 0.4) is 0 Å². The molecular weight excluding hydrogens is 806 g/mol. The number of nitrogens with zero attached hydrogens (tertiary/aromatic N) is 1. The summed E-state index contributed by atoms with van der Waals surface area (Å²) in [5, 5.41) is 0. The molecule has 2 heterocycles. The molecule has 1 aromatic heterocycles. The first-order valence-corrected chi connectivity index (χ1v) is 26.4. The zero-order valence-corrected chi connectivity index (χ0v) is 41.4. The van der Waals surface area contributed by atoms with Crippen LogP contribution < -0.4 is 0 Å². The summed E-state index contributed by atoms with van der Waals surface area (Å²) in [6, 6.07) is 0. The number of furan rings is 1. The summed E-state index contributed by atoms with van der Waals surface area (Å²) in [5.41, 5.74) is 2.69. The molecule has 4 atom stereocenters. The Bertz CT molecular complexity index is 1400. The maximum Gasteiger partial charge on any atom is 0.472 e. The van der Waals surface area contributed by atoms with Crippen LogP contribution in [0.5, 0.6) is 0 Å². The third-order valence-electron chi connectivity index (χ3n) is 11.9. The molecule has 0 radical (unpaired) electrons. The molecule has 1 aromatic rings. The number of hydrogen-bond acceptors (Lipinski definition) is 9. The lowest BCUT2D eigenvalue weighted by molar-refractivity contribution is -0.870. The van der Waals surface area contributed by atoms with Gasteiger partial charge in [0.05, 0.1) is 40.0 Å². The molecule has 360 valence electrons. The van der Waals surface area contributed by atoms with Crippen molar-refractivity contribution in [1.29, 1.82) is 0 Å². The van der Waals surface area contributed by atoms with Crippen LogP contribution in [0.4, 0.5) is 0 Å². The van der Waals surface area contributed by atoms with E-state index in [0.29, 0.717) is 36.1 Å². The number of aryl methyl sites for hydroxylation is 2. The fourth-order valence-corrected chi connectivity index (χ4v) is 8.35. The van der Waals surface area contributed by atoms with E-state index >= 15 is 0 Å². The second-order valence-electron chi connectivity index (χ2n) is 18.8. The van der Waals surface area contributed by atoms with E-state index in [1.165, 1.54) is 99.7 Å². The number of quaternary nitrogens is 1. The molecule has 1 aliphatic heterocycles. The molecule has 0 bridgehead atoms. The van der Waals surface area contributed by atoms with Crippen molar-refractivity contribution < 1.29 is 51.2 Å². The molecule has 0 amide bonds. The Kier molecular flexibility index (Phi) is 30.3. The van der Waals surface area contributed by atoms with Crippen molar-refractivity contribution in [2.75, 3.05) is 47.5 Å². The van der Waals surface area contributed by atoms with Crippen molar-refractivity contribution in [3.63, 3.8) is 0 Å². The summed E-state index contributed by atoms with van der Waals surface area (Å²) < 4.78 is 46.5. The molecular formula is C50H91NO10P+. The van der Waals surface area contributed by atoms with Crippen LogP contribution in [0.1, 0.15) is 203 Å². The SMILES string of the molecule is CCCCC/C=C\CC1OC1CCCCCCCC(=O)OC[C@H](COP(=O)(O)OCC[N+](C)(C)C)OC(=O)CCCCCCCCCCCCc1oc(CCCCC)c(C)c1C. The van der Waals surface area contributed by atoms with Crippen LogP contribution in [0.15, 0.2) is 16.6 Å². The topological polar surface area (TPSA) is 134 Å². The van der Waals surface area contributed by atoms with Crippen LogP contribution in [-0.4, -0.2) is 87.1 Å². The maximum atomic E-state index is 12.8. The van der Waals surface area contributed by atoms with Crippen molar-refractivity contribution >= 4 is 19.8 Å². The van der Waals surface area contributed by atoms with Gasteiger partial charge in [-0.2, -0.15) is 0 Å². The Balaban J connectivity index is 1.59. The minimum atomic E-state index is -4.40. The summed E-state index contributed by atoms with van der Waals surface area (Å²) >= 11 is 0. The number of epoxide rings is 1. The largest absolute Gasteiger partial charge is 0.472 e. The van der Waals surface area contributed by atoms with Crippen LogP contribution in [-0.2, 0) is 50.3 Å². The number of allylic oxidation sites excluding steroid dienone is 1. The van der Waals surface area contributed by atoms with Crippen LogP contribution >= 0.6 is 7.82 Å². The maximum absolute atomic E-state index is 12.8. The number of rotatable bonds is 41. The summed E-state index contributed by atoms with van der Waals surface area (Å²) in [6.07, 6.45) is 33.7. The second-order valence-corrected chi connectivity index (χ2v) is 20.3. The highest BCUT2D eigenvalue weighted by Gasteiger charge is 2.36. The number of unbranched alkanes of at least 4 members (excludes halogenated alkanes) is 18. The van der Waals surface area contributed by atoms with Crippen LogP contribution in [0.25, 0.3) is 0 Å². The van der Waals surface area contributed by atoms with Crippen LogP contribution in [0, 0.1) is 13.8 Å². The number of phosphoric ester groups is 1. The summed E-state index contributed by atoms with van der Waals surface area (Å²) in [7, 11) is 1.45. The standard InChI is InChI=1S/C50H90NO10P/c1-8-10-12-13-21-28-34-47-48(61-47)35-29-23-20-25-30-36-49(52)56-40-44(41-58-62(54,55)57-39-38-51(5,6)7)59-50(53)37-31-24-19-17-15-14-16-18-22-27-33-46-43(4)42(3)45(60-46)32-26-11-9-2/h21,28,44,47-48H,8-20,22-27,29-41H2,1-7H3/p+1/b28-21-/t44-,47?,48?/m1/s1. The highest BCUT2D eigenvalue weighted by atomic mass is 31.2. The minimum Gasteiger partial charge on any atom is -0.466 e. The fourth-order valence-electron chi connectivity index (χ4n) is 7.61. The van der Waals surface area contributed by atoms with E-state index in [9.17, 15) is 19.0 Å². The van der Waals surface area contributed by atoms with Gasteiger partial charge in [0.2, 0.25) is 0 Å². The summed E-state index contributed by atoms with van der Waals surface area (Å²) in [6.45, 7) is 8.73. The first-order chi connectivity index (χ1) is 29.7. The number of hydrogen-bond donors (Lipinski definition) is 1. The lowest BCUT2D eigenvalue weighted by atomic mass is 10.0. The lowest BCUT2D eigenvalue weighted by Gasteiger charge is -2.24. The number of phosphoric acid groups is 1. The second kappa shape index (κ2) is 33.5. The molecule has 1 N–H and O–H groups in total. The van der Waals surface area contributed by atoms with E-state index in [1.807, 2.05) is 21.1 Å². The predicted molar refractivity (Wildman–Crippen MR) is 250 cm³/mol. The van der Waals surface area contributed by atoms with Gasteiger partial charge in [-0.25, -0.2) is 4.57 Å². The molecule has 1 fully saturated rings. The van der Waals surface area contributed by atoms with E-state index < -0.39 is 26.5 Å². The normalized spacial score (nSPS) is 16.8. The van der Waals surface area contributed by atoms with E-state index in [4.69, 9.17) is 27.7 Å². The number of carbonyl (C=O) groups is 2. The molecule has 12 heteroatoms. The molecule has 1 aliphatic rings. The van der Waals surface area contributed by atoms with Gasteiger partial charge in [-0.3, -0.25) is 18.6 Å². The van der Waals surface area contributed by atoms with Crippen LogP contribution in [0.2, 0.25) is 0 Å². The van der Waals surface area contributed by atoms with Gasteiger partial charge in [-0.15, -0.1) is 0 Å². The first-order valence-electron chi connectivity index (χ1n) is 24.9. The van der Waals surface area contributed by atoms with Crippen molar-refractivity contribution in [2.45, 2.75) is 226 Å². The molecule has 11 nitrogen and oxygen atoms in total. The molecule has 0 aromatic carbocycles. The molecule has 2 rings (SSSR count). The minimum absolute atomic E-state index is 0.0223. The van der Waals surface area contributed by atoms with Gasteiger partial charge >= 0.3 is 19.8 Å². The smallest absolute Gasteiger partial charge is 0.466 e. The molecule has 3 unspecified atom stereocenters. The Labute approximate surface area is 378 Å². The van der Waals surface area contributed by atoms with E-state index in [1.54, 1.807) is 0 Å². The monoisotopic (exact) mass is 897 g/mol. The van der Waals surface area contributed by atoms with Gasteiger partial charge < -0.3 is 28.0 Å². The molecule has 62 heavy (non-hydrogen) atoms. The predicted octanol–water partition coefficient (Wildman–Crippen LogP) is 12.8. The Morgan fingerprint density at radius 2 is 1.21 bits per heavy atom. The lowest BCUT2D eigenvalue weighted by Crippen LogP contribution is -2.37. The van der Waals surface area contributed by atoms with E-state index in [-0.39, 0.29) is 32.0 Å². The fraction of sp³-hybridized carbons (Fsp3) is 0.840. The molecule has 0 saturated carbocycles. The van der Waals surface area contributed by atoms with Crippen molar-refractivity contribution in [3.8, 4) is 0 Å².